The van der Waals surface area contributed by atoms with Crippen LogP contribution < -0.4 is 5.14 Å². The number of carbonyl (C=O) groups excluding carboxylic acids is 1. The first-order chi connectivity index (χ1) is 9.66. The number of carbonyl (C=O) groups is 1. The molecule has 0 fully saturated rings. The van der Waals surface area contributed by atoms with Crippen molar-refractivity contribution in [1.29, 1.82) is 0 Å². The Hall–Kier alpha value is -1.51. The molecule has 0 heterocycles. The van der Waals surface area contributed by atoms with Crippen molar-refractivity contribution < 1.29 is 27.1 Å². The van der Waals surface area contributed by atoms with Gasteiger partial charge in [0.25, 0.3) is 0 Å². The number of hydrogen-bond donors (Lipinski definition) is 1. The normalized spacial score (nSPS) is 13.0. The molecule has 1 aromatic carbocycles. The summed E-state index contributed by atoms with van der Waals surface area (Å²) in [4.78, 5) is 11.6. The van der Waals surface area contributed by atoms with E-state index in [4.69, 9.17) is 14.6 Å². The van der Waals surface area contributed by atoms with Gasteiger partial charge in [-0.05, 0) is 38.5 Å². The number of sulfonamides is 1. The van der Waals surface area contributed by atoms with E-state index in [2.05, 4.69) is 0 Å². The van der Waals surface area contributed by atoms with E-state index in [9.17, 15) is 17.6 Å². The SMILES string of the molecule is CCOCC(C)OC(=O)c1cc(S(N)(=O)=O)cc(C)c1F. The minimum absolute atomic E-state index is 0.00839. The summed E-state index contributed by atoms with van der Waals surface area (Å²) in [6.07, 6.45) is -0.588. The fourth-order valence-corrected chi connectivity index (χ4v) is 2.24. The van der Waals surface area contributed by atoms with Crippen LogP contribution in [0.4, 0.5) is 4.39 Å². The number of rotatable bonds is 6. The lowest BCUT2D eigenvalue weighted by atomic mass is 10.1. The van der Waals surface area contributed by atoms with Gasteiger partial charge in [-0.25, -0.2) is 22.7 Å². The van der Waals surface area contributed by atoms with E-state index < -0.39 is 33.5 Å². The first-order valence-electron chi connectivity index (χ1n) is 6.28. The van der Waals surface area contributed by atoms with Gasteiger partial charge in [-0.2, -0.15) is 0 Å². The quantitative estimate of drug-likeness (QED) is 0.799. The van der Waals surface area contributed by atoms with Crippen LogP contribution in [-0.4, -0.2) is 33.7 Å². The first-order valence-corrected chi connectivity index (χ1v) is 7.83. The molecule has 0 aliphatic heterocycles. The predicted octanol–water partition coefficient (Wildman–Crippen LogP) is 1.36. The lowest BCUT2D eigenvalue weighted by molar-refractivity contribution is 0.00397. The topological polar surface area (TPSA) is 95.7 Å². The number of aryl methyl sites for hydroxylation is 1. The highest BCUT2D eigenvalue weighted by Gasteiger charge is 2.21. The first kappa shape index (κ1) is 17.5. The number of primary sulfonamides is 1. The third-order valence-corrected chi connectivity index (χ3v) is 3.53. The van der Waals surface area contributed by atoms with Crippen molar-refractivity contribution in [2.24, 2.45) is 5.14 Å². The molecule has 8 heteroatoms. The van der Waals surface area contributed by atoms with E-state index in [-0.39, 0.29) is 17.1 Å². The monoisotopic (exact) mass is 319 g/mol. The van der Waals surface area contributed by atoms with Gasteiger partial charge < -0.3 is 9.47 Å². The Morgan fingerprint density at radius 1 is 1.43 bits per heavy atom. The number of halogens is 1. The van der Waals surface area contributed by atoms with Crippen molar-refractivity contribution in [3.63, 3.8) is 0 Å². The van der Waals surface area contributed by atoms with Crippen LogP contribution in [0.2, 0.25) is 0 Å². The number of esters is 1. The van der Waals surface area contributed by atoms with E-state index in [1.807, 2.05) is 0 Å². The van der Waals surface area contributed by atoms with Gasteiger partial charge in [-0.3, -0.25) is 0 Å². The maximum atomic E-state index is 14.0. The molecule has 1 rings (SSSR count). The summed E-state index contributed by atoms with van der Waals surface area (Å²) in [5, 5.41) is 4.99. The highest BCUT2D eigenvalue weighted by molar-refractivity contribution is 7.89. The van der Waals surface area contributed by atoms with Crippen LogP contribution in [0.5, 0.6) is 0 Å². The van der Waals surface area contributed by atoms with Gasteiger partial charge in [-0.1, -0.05) is 0 Å². The van der Waals surface area contributed by atoms with Crippen LogP contribution >= 0.6 is 0 Å². The molecule has 21 heavy (non-hydrogen) atoms. The Bertz CT molecular complexity index is 630. The Morgan fingerprint density at radius 3 is 2.57 bits per heavy atom. The third kappa shape index (κ3) is 4.76. The summed E-state index contributed by atoms with van der Waals surface area (Å²) in [7, 11) is -4.04. The Kier molecular flexibility index (Phi) is 5.82. The molecule has 1 aromatic rings. The molecule has 0 aliphatic carbocycles. The molecular formula is C13H18FNO5S. The number of benzene rings is 1. The number of ether oxygens (including phenoxy) is 2. The van der Waals surface area contributed by atoms with Crippen molar-refractivity contribution in [1.82, 2.24) is 0 Å². The molecule has 0 spiro atoms. The summed E-state index contributed by atoms with van der Waals surface area (Å²) in [6.45, 7) is 5.33. The molecule has 1 unspecified atom stereocenters. The van der Waals surface area contributed by atoms with E-state index in [0.717, 1.165) is 12.1 Å². The van der Waals surface area contributed by atoms with Gasteiger partial charge >= 0.3 is 5.97 Å². The van der Waals surface area contributed by atoms with Crippen molar-refractivity contribution in [2.75, 3.05) is 13.2 Å². The van der Waals surface area contributed by atoms with Crippen molar-refractivity contribution >= 4 is 16.0 Å². The molecule has 0 aliphatic rings. The highest BCUT2D eigenvalue weighted by Crippen LogP contribution is 2.19. The molecule has 6 nitrogen and oxygen atoms in total. The molecule has 2 N–H and O–H groups in total. The minimum Gasteiger partial charge on any atom is -0.457 e. The van der Waals surface area contributed by atoms with Crippen LogP contribution in [0.3, 0.4) is 0 Å². The van der Waals surface area contributed by atoms with E-state index in [1.165, 1.54) is 6.92 Å². The molecule has 0 radical (unpaired) electrons. The summed E-state index contributed by atoms with van der Waals surface area (Å²) >= 11 is 0. The van der Waals surface area contributed by atoms with Gasteiger partial charge in [0.15, 0.2) is 0 Å². The van der Waals surface area contributed by atoms with Crippen LogP contribution in [-0.2, 0) is 19.5 Å². The fourth-order valence-electron chi connectivity index (χ4n) is 1.61. The van der Waals surface area contributed by atoms with Crippen LogP contribution in [0.1, 0.15) is 29.8 Å². The molecule has 0 amide bonds. The second kappa shape index (κ2) is 6.97. The lowest BCUT2D eigenvalue weighted by Crippen LogP contribution is -2.22. The second-order valence-corrected chi connectivity index (χ2v) is 6.08. The zero-order valence-corrected chi connectivity index (χ0v) is 12.9. The average molecular weight is 319 g/mol. The van der Waals surface area contributed by atoms with Crippen molar-refractivity contribution in [3.05, 3.63) is 29.1 Å². The molecule has 1 atom stereocenters. The predicted molar refractivity (Wildman–Crippen MR) is 73.9 cm³/mol. The molecule has 0 saturated carbocycles. The minimum atomic E-state index is -4.04. The Labute approximate surface area is 123 Å². The average Bonchev–Trinajstić information content (AvgIpc) is 2.37. The maximum Gasteiger partial charge on any atom is 0.341 e. The molecular weight excluding hydrogens is 301 g/mol. The smallest absolute Gasteiger partial charge is 0.341 e. The lowest BCUT2D eigenvalue weighted by Gasteiger charge is -2.14. The molecule has 118 valence electrons. The summed E-state index contributed by atoms with van der Waals surface area (Å²) < 4.78 is 46.7. The van der Waals surface area contributed by atoms with Gasteiger partial charge in [0.05, 0.1) is 17.1 Å². The maximum absolute atomic E-state index is 14.0. The summed E-state index contributed by atoms with van der Waals surface area (Å²) in [6, 6.07) is 1.93. The Balaban J connectivity index is 3.06. The van der Waals surface area contributed by atoms with Gasteiger partial charge in [0.2, 0.25) is 10.0 Å². The zero-order valence-electron chi connectivity index (χ0n) is 12.1. The number of nitrogens with two attached hydrogens (primary N) is 1. The Morgan fingerprint density at radius 2 is 2.05 bits per heavy atom. The van der Waals surface area contributed by atoms with Crippen LogP contribution in [0.15, 0.2) is 17.0 Å². The number of hydrogen-bond acceptors (Lipinski definition) is 5. The summed E-state index contributed by atoms with van der Waals surface area (Å²) in [5.41, 5.74) is -0.478. The zero-order chi connectivity index (χ0) is 16.2. The van der Waals surface area contributed by atoms with Crippen molar-refractivity contribution in [2.45, 2.75) is 31.8 Å². The van der Waals surface area contributed by atoms with E-state index >= 15 is 0 Å². The van der Waals surface area contributed by atoms with Gasteiger partial charge in [-0.15, -0.1) is 0 Å². The second-order valence-electron chi connectivity index (χ2n) is 4.52. The molecule has 0 saturated heterocycles. The van der Waals surface area contributed by atoms with Crippen LogP contribution in [0.25, 0.3) is 0 Å². The van der Waals surface area contributed by atoms with Gasteiger partial charge in [0, 0.05) is 6.61 Å². The molecule has 0 aromatic heterocycles. The summed E-state index contributed by atoms with van der Waals surface area (Å²) in [5.74, 6) is -1.80. The standard InChI is InChI=1S/C13H18FNO5S/c1-4-19-7-9(3)20-13(16)11-6-10(21(15,17)18)5-8(2)12(11)14/h5-6,9H,4,7H2,1-3H3,(H2,15,17,18). The van der Waals surface area contributed by atoms with Crippen molar-refractivity contribution in [3.8, 4) is 0 Å². The molecule has 0 bridgehead atoms. The van der Waals surface area contributed by atoms with E-state index in [1.54, 1.807) is 13.8 Å². The highest BCUT2D eigenvalue weighted by atomic mass is 32.2. The largest absolute Gasteiger partial charge is 0.457 e. The van der Waals surface area contributed by atoms with Gasteiger partial charge in [0.1, 0.15) is 11.9 Å². The van der Waals surface area contributed by atoms with E-state index in [0.29, 0.717) is 6.61 Å². The fraction of sp³-hybridized carbons (Fsp3) is 0.462. The third-order valence-electron chi connectivity index (χ3n) is 2.64. The van der Waals surface area contributed by atoms with Crippen LogP contribution in [0, 0.1) is 12.7 Å².